The fourth-order valence-corrected chi connectivity index (χ4v) is 18.4. The molecule has 0 aliphatic heterocycles. The summed E-state index contributed by atoms with van der Waals surface area (Å²) in [5.74, 6) is 1.80. The summed E-state index contributed by atoms with van der Waals surface area (Å²) in [5, 5.41) is 58.4. The number of rotatable bonds is 4. The summed E-state index contributed by atoms with van der Waals surface area (Å²) >= 11 is -1.72. The first-order chi connectivity index (χ1) is 58.4. The van der Waals surface area contributed by atoms with Crippen molar-refractivity contribution in [1.82, 2.24) is 13.2 Å². The van der Waals surface area contributed by atoms with E-state index in [1.165, 1.54) is 180 Å². The van der Waals surface area contributed by atoms with Gasteiger partial charge in [0.15, 0.2) is 0 Å². The van der Waals surface area contributed by atoms with Crippen LogP contribution < -0.4 is 108 Å². The number of carbonyl (C=O) groups is 1. The van der Waals surface area contributed by atoms with Crippen molar-refractivity contribution in [3.8, 4) is 11.5 Å². The van der Waals surface area contributed by atoms with Gasteiger partial charge < -0.3 is 48.2 Å². The summed E-state index contributed by atoms with van der Waals surface area (Å²) in [5.41, 5.74) is 25.6. The fourth-order valence-electron chi connectivity index (χ4n) is 18.4. The van der Waals surface area contributed by atoms with E-state index in [4.69, 9.17) is 62.7 Å². The molecule has 622 valence electrons. The van der Waals surface area contributed by atoms with Crippen molar-refractivity contribution in [1.29, 1.82) is 0 Å². The molecule has 0 spiro atoms. The van der Waals surface area contributed by atoms with Gasteiger partial charge in [0.25, 0.3) is 6.47 Å². The van der Waals surface area contributed by atoms with Crippen molar-refractivity contribution in [2.45, 2.75) is 123 Å². The molecule has 24 rings (SSSR count). The Bertz CT molecular complexity index is 7480. The second kappa shape index (κ2) is 38.4. The first-order valence-corrected chi connectivity index (χ1v) is 45.1. The van der Waals surface area contributed by atoms with Gasteiger partial charge in [-0.2, -0.15) is 0 Å². The van der Waals surface area contributed by atoms with Gasteiger partial charge in [-0.3, -0.25) is 13.6 Å². The molecule has 9 aromatic heterocycles. The number of halogens is 5. The van der Waals surface area contributed by atoms with Crippen LogP contribution in [-0.2, 0) is 9.68 Å². The van der Waals surface area contributed by atoms with Crippen LogP contribution in [0.15, 0.2) is 232 Å². The average molecular weight is 1790 g/mol. The fraction of sp³-hybridized carbons (Fsp3) is 0.190. The Labute approximate surface area is 829 Å². The van der Waals surface area contributed by atoms with Crippen molar-refractivity contribution in [2.75, 3.05) is 14.3 Å². The number of phenolic OH excluding ortho intramolecular Hbond substituents is 2. The molecule has 2 N–H and O–H groups in total. The quantitative estimate of drug-likeness (QED) is 0.0768. The summed E-state index contributed by atoms with van der Waals surface area (Å²) in [4.78, 5) is 11.2. The predicted octanol–water partition coefficient (Wildman–Crippen LogP) is 25.6. The molecule has 0 saturated heterocycles. The van der Waals surface area contributed by atoms with Gasteiger partial charge in [-0.1, -0.05) is 144 Å². The number of alkyl halides is 2. The minimum absolute atomic E-state index is 0. The van der Waals surface area contributed by atoms with E-state index < -0.39 is 18.5 Å². The summed E-state index contributed by atoms with van der Waals surface area (Å²) in [7, 11) is 19.2. The topological polar surface area (TPSA) is 142 Å². The van der Waals surface area contributed by atoms with Crippen LogP contribution in [0.4, 0.5) is 8.78 Å². The molecule has 2 radical (unpaired) electrons. The number of benzene rings is 15. The van der Waals surface area contributed by atoms with Gasteiger partial charge in [0, 0.05) is 109 Å². The SMILES string of the molecule is C.C.C.CC(C)c1cc2c3ccc(O)cc3n3c4cc5ccc6oc7cc(O)ccc7c6c5cc4c(c1)c23.CF.Cc1ccc2c(c1)oc1ccc3cc4c(cc3c12)c1cc(C(C)C)cc2c3ccc(C)cc3n4c21.Cc1ccc2c(c1)oc1ccc3cc4c(cc3c12)c1cc(C(C)C)cc2c3ccc(C)cc3n4c21.O=CO[O-].[2H]CF.[B]CC.[Cl][Al]([Cl])[Cl].[H-].[K+].[K+]. The van der Waals surface area contributed by atoms with E-state index in [2.05, 4.69) is 263 Å². The van der Waals surface area contributed by atoms with E-state index in [1.807, 2.05) is 31.2 Å². The van der Waals surface area contributed by atoms with Crippen molar-refractivity contribution < 1.29 is 153 Å². The third kappa shape index (κ3) is 16.4. The van der Waals surface area contributed by atoms with Crippen LogP contribution in [0.1, 0.15) is 130 Å². The number of phenols is 2. The van der Waals surface area contributed by atoms with Gasteiger partial charge in [-0.25, -0.2) is 30.1 Å². The maximum Gasteiger partial charge on any atom is 1.00 e. The Morgan fingerprint density at radius 1 is 0.392 bits per heavy atom. The summed E-state index contributed by atoms with van der Waals surface area (Å²) < 4.78 is 50.9. The van der Waals surface area contributed by atoms with E-state index in [0.29, 0.717) is 30.5 Å². The van der Waals surface area contributed by atoms with Crippen LogP contribution in [0.5, 0.6) is 11.5 Å². The number of carbonyl (C=O) groups excluding carboxylic acids is 1. The number of aromatic nitrogens is 3. The minimum Gasteiger partial charge on any atom is -1.00 e. The molecule has 15 aromatic carbocycles. The van der Waals surface area contributed by atoms with Gasteiger partial charge in [-0.05, 0) is 256 Å². The molecule has 0 aliphatic carbocycles. The third-order valence-corrected chi connectivity index (χ3v) is 23.6. The minimum atomic E-state index is -1.72. The van der Waals surface area contributed by atoms with Crippen LogP contribution in [0.3, 0.4) is 0 Å². The van der Waals surface area contributed by atoms with Crippen molar-refractivity contribution >= 4 is 268 Å². The molecule has 9 heterocycles. The van der Waals surface area contributed by atoms with Gasteiger partial charge in [0.05, 0.1) is 73.2 Å². The van der Waals surface area contributed by atoms with Gasteiger partial charge in [-0.15, -0.1) is 0 Å². The van der Waals surface area contributed by atoms with Crippen molar-refractivity contribution in [3.63, 3.8) is 0 Å². The Kier molecular flexibility index (Phi) is 28.9. The van der Waals surface area contributed by atoms with Crippen LogP contribution in [0, 0.1) is 27.7 Å². The molecule has 0 amide bonds. The number of fused-ring (bicyclic) bond motifs is 33. The molecular formula is C105H96AlBCl3F2K2N3O8. The Morgan fingerprint density at radius 2 is 0.632 bits per heavy atom. The van der Waals surface area contributed by atoms with Gasteiger partial charge >= 0.3 is 114 Å². The monoisotopic (exact) mass is 1790 g/mol. The molecule has 125 heavy (non-hydrogen) atoms. The van der Waals surface area contributed by atoms with Gasteiger partial charge in [0.2, 0.25) is 0 Å². The summed E-state index contributed by atoms with van der Waals surface area (Å²) in [6.07, 6.45) is 0.750. The number of aryl methyl sites for hydroxylation is 4. The largest absolute Gasteiger partial charge is 1.00 e. The molecule has 20 heteroatoms. The number of hydrogen-bond donors (Lipinski definition) is 2. The second-order valence-corrected chi connectivity index (χ2v) is 38.5. The Balaban J connectivity index is 0.000000167. The maximum absolute atomic E-state index is 10.3. The van der Waals surface area contributed by atoms with E-state index in [-0.39, 0.29) is 144 Å². The number of aromatic hydroxyl groups is 2. The van der Waals surface area contributed by atoms with Crippen LogP contribution in [0.2, 0.25) is 6.32 Å². The average Bonchev–Trinajstić information content (AvgIpc) is 1.54. The molecule has 0 saturated carbocycles. The van der Waals surface area contributed by atoms with E-state index in [0.717, 1.165) is 72.2 Å². The van der Waals surface area contributed by atoms with E-state index in [9.17, 15) is 19.0 Å². The zero-order valence-corrected chi connectivity index (χ0v) is 79.9. The van der Waals surface area contributed by atoms with Crippen molar-refractivity contribution in [2.24, 2.45) is 0 Å². The molecule has 0 unspecified atom stereocenters. The van der Waals surface area contributed by atoms with Crippen molar-refractivity contribution in [3.05, 3.63) is 257 Å². The summed E-state index contributed by atoms with van der Waals surface area (Å²) in [6.45, 7) is 23.9. The third-order valence-electron chi connectivity index (χ3n) is 23.6. The zero-order valence-electron chi connectivity index (χ0n) is 72.2. The number of furan rings is 3. The molecule has 0 atom stereocenters. The molecule has 24 aromatic rings. The first-order valence-electron chi connectivity index (χ1n) is 40.6. The number of nitrogens with zero attached hydrogens (tertiary/aromatic N) is 3. The van der Waals surface area contributed by atoms with Crippen LogP contribution >= 0.6 is 30.1 Å². The molecule has 0 bridgehead atoms. The number of hydrogen-bond acceptors (Lipinski definition) is 8. The summed E-state index contributed by atoms with van der Waals surface area (Å²) in [6, 6.07) is 79.0. The zero-order chi connectivity index (χ0) is 85.2. The van der Waals surface area contributed by atoms with Crippen LogP contribution in [-0.4, -0.2) is 63.4 Å². The second-order valence-electron chi connectivity index (χ2n) is 32.0. The van der Waals surface area contributed by atoms with E-state index in [1.54, 1.807) is 18.2 Å². The first kappa shape index (κ1) is 94.1. The standard InChI is InChI=1S/2C33H25NO.C31H21NO3.C2H5B.2CH3F.CH2O3.3CH4.Al.3ClH.2K.H/c2*1-17(2)21-13-26-22-8-5-18(3)11-28(22)34-29-15-20-7-10-30-32(23-9-6-19(4)12-31(23)35-30)24(20)16-25(29)27(14-21)33(26)34;1-15(2)17-9-24-20-6-4-18(33)12-27(20)32-26-11-16-3-8-28-30(21-7-5-19(34)13-29(21)35-28)22(16)14-23(26)25(10-17)31(24)32;1-2-3;2*1-2;2-1-4-3;;;;;;;;;;/h2*5-17H,1-4H3;3-15,33-34H,1-2H3;2H2,1H3;2*1H3;1,3H;3*1H4;;3*1H;;;/q;;;;;;;;;;+3;;;;2*+1;-1/p-4/i;;;;1D;;;;;;;;;;;;. The van der Waals surface area contributed by atoms with E-state index >= 15 is 0 Å². The molecular weight excluding hydrogens is 1690 g/mol. The maximum atomic E-state index is 10.3. The molecule has 11 nitrogen and oxygen atoms in total. The van der Waals surface area contributed by atoms with Gasteiger partial charge in [0.1, 0.15) is 45.0 Å². The Morgan fingerprint density at radius 3 is 0.928 bits per heavy atom. The normalized spacial score (nSPS) is 11.5. The Hall–Kier alpha value is -8.49. The predicted molar refractivity (Wildman–Crippen MR) is 524 cm³/mol. The molecule has 0 fully saturated rings. The van der Waals surface area contributed by atoms with Crippen LogP contribution in [0.25, 0.3) is 212 Å². The smallest absolute Gasteiger partial charge is 1.00 e. The molecule has 0 aliphatic rings.